The fourth-order valence-electron chi connectivity index (χ4n) is 2.64. The number of hydrogen-bond acceptors (Lipinski definition) is 5. The smallest absolute Gasteiger partial charge is 0.324 e. The van der Waals surface area contributed by atoms with Crippen molar-refractivity contribution in [3.8, 4) is 0 Å². The quantitative estimate of drug-likeness (QED) is 0.687. The van der Waals surface area contributed by atoms with E-state index >= 15 is 0 Å². The van der Waals surface area contributed by atoms with E-state index in [9.17, 15) is 14.7 Å². The van der Waals surface area contributed by atoms with Crippen molar-refractivity contribution < 1.29 is 14.7 Å². The lowest BCUT2D eigenvalue weighted by molar-refractivity contribution is -0.129. The van der Waals surface area contributed by atoms with Crippen LogP contribution in [0.1, 0.15) is 13.8 Å². The van der Waals surface area contributed by atoms with Gasteiger partial charge in [-0.15, -0.1) is 0 Å². The van der Waals surface area contributed by atoms with Crippen molar-refractivity contribution in [1.82, 2.24) is 20.0 Å². The molecule has 2 N–H and O–H groups in total. The number of carbonyl (C=O) groups excluding carboxylic acids is 2. The van der Waals surface area contributed by atoms with E-state index in [1.807, 2.05) is 0 Å². The molecule has 2 rings (SSSR count). The van der Waals surface area contributed by atoms with Gasteiger partial charge in [0.15, 0.2) is 0 Å². The van der Waals surface area contributed by atoms with Crippen molar-refractivity contribution in [3.63, 3.8) is 0 Å². The summed E-state index contributed by atoms with van der Waals surface area (Å²) < 4.78 is 0. The summed E-state index contributed by atoms with van der Waals surface area (Å²) in [6, 6.07) is -0.282. The summed E-state index contributed by atoms with van der Waals surface area (Å²) in [5.74, 6) is -0.129. The molecule has 2 aliphatic heterocycles. The zero-order valence-electron chi connectivity index (χ0n) is 12.3. The lowest BCUT2D eigenvalue weighted by Gasteiger charge is -2.37. The Morgan fingerprint density at radius 3 is 2.30 bits per heavy atom. The minimum absolute atomic E-state index is 0.129. The number of rotatable bonds is 4. The van der Waals surface area contributed by atoms with Crippen LogP contribution in [-0.2, 0) is 4.79 Å². The summed E-state index contributed by atoms with van der Waals surface area (Å²) in [5.41, 5.74) is -0.689. The molecule has 0 aromatic rings. The molecule has 0 atom stereocenters. The minimum Gasteiger partial charge on any atom is -0.389 e. The average molecular weight is 284 g/mol. The number of β-amino-alcohol motifs (C(OH)–C–C–N with tert-alkyl or cyclic N) is 1. The Kier molecular flexibility index (Phi) is 4.62. The first kappa shape index (κ1) is 15.2. The van der Waals surface area contributed by atoms with Crippen LogP contribution in [0.25, 0.3) is 0 Å². The van der Waals surface area contributed by atoms with Crippen molar-refractivity contribution in [1.29, 1.82) is 0 Å². The number of aliphatic hydroxyl groups is 1. The molecular formula is C13H24N4O3. The Bertz CT molecular complexity index is 372. The van der Waals surface area contributed by atoms with Crippen LogP contribution in [0.15, 0.2) is 0 Å². The van der Waals surface area contributed by atoms with Crippen molar-refractivity contribution in [2.75, 3.05) is 52.4 Å². The number of imide groups is 1. The first-order valence-corrected chi connectivity index (χ1v) is 7.10. The van der Waals surface area contributed by atoms with Gasteiger partial charge in [-0.2, -0.15) is 0 Å². The van der Waals surface area contributed by atoms with Gasteiger partial charge in [0.25, 0.3) is 0 Å². The monoisotopic (exact) mass is 284 g/mol. The number of amides is 3. The van der Waals surface area contributed by atoms with Crippen LogP contribution < -0.4 is 5.32 Å². The minimum atomic E-state index is -0.689. The normalized spacial score (nSPS) is 22.1. The highest BCUT2D eigenvalue weighted by atomic mass is 16.3. The third kappa shape index (κ3) is 4.16. The van der Waals surface area contributed by atoms with Gasteiger partial charge in [-0.25, -0.2) is 4.79 Å². The van der Waals surface area contributed by atoms with Crippen LogP contribution in [0.3, 0.4) is 0 Å². The highest BCUT2D eigenvalue weighted by Crippen LogP contribution is 2.09. The third-order valence-corrected chi connectivity index (χ3v) is 3.59. The summed E-state index contributed by atoms with van der Waals surface area (Å²) in [6.07, 6.45) is 0. The molecule has 0 saturated carbocycles. The van der Waals surface area contributed by atoms with Gasteiger partial charge in [0.1, 0.15) is 0 Å². The van der Waals surface area contributed by atoms with Gasteiger partial charge in [0.2, 0.25) is 5.91 Å². The summed E-state index contributed by atoms with van der Waals surface area (Å²) in [4.78, 5) is 29.0. The lowest BCUT2D eigenvalue weighted by atomic mass is 10.1. The van der Waals surface area contributed by atoms with Crippen LogP contribution in [0.4, 0.5) is 4.79 Å². The molecule has 7 nitrogen and oxygen atoms in total. The second-order valence-corrected chi connectivity index (χ2v) is 6.14. The van der Waals surface area contributed by atoms with Gasteiger partial charge in [0, 0.05) is 45.8 Å². The molecule has 0 bridgehead atoms. The van der Waals surface area contributed by atoms with E-state index in [2.05, 4.69) is 15.1 Å². The van der Waals surface area contributed by atoms with Crippen LogP contribution in [-0.4, -0.2) is 89.7 Å². The molecule has 0 aromatic heterocycles. The summed E-state index contributed by atoms with van der Waals surface area (Å²) in [7, 11) is 0. The Morgan fingerprint density at radius 1 is 1.20 bits per heavy atom. The largest absolute Gasteiger partial charge is 0.389 e. The van der Waals surface area contributed by atoms with Crippen LogP contribution >= 0.6 is 0 Å². The highest BCUT2D eigenvalue weighted by Gasteiger charge is 2.29. The molecule has 20 heavy (non-hydrogen) atoms. The Balaban J connectivity index is 1.74. The van der Waals surface area contributed by atoms with Crippen LogP contribution in [0.2, 0.25) is 0 Å². The van der Waals surface area contributed by atoms with E-state index in [1.165, 1.54) is 4.90 Å². The van der Waals surface area contributed by atoms with Crippen LogP contribution in [0.5, 0.6) is 0 Å². The number of nitrogens with zero attached hydrogens (tertiary/aromatic N) is 3. The Hall–Kier alpha value is -1.18. The molecule has 0 radical (unpaired) electrons. The van der Waals surface area contributed by atoms with E-state index in [-0.39, 0.29) is 11.9 Å². The molecular weight excluding hydrogens is 260 g/mol. The SMILES string of the molecule is CC(C)(O)CN1CCN(CC(=O)N2CCNC2=O)CC1. The van der Waals surface area contributed by atoms with E-state index < -0.39 is 5.60 Å². The molecule has 0 spiro atoms. The zero-order chi connectivity index (χ0) is 14.8. The molecule has 2 heterocycles. The second-order valence-electron chi connectivity index (χ2n) is 6.14. The standard InChI is InChI=1S/C13H24N4O3/c1-13(2,20)10-16-7-5-15(6-8-16)9-11(18)17-4-3-14-12(17)19/h20H,3-10H2,1-2H3,(H,14,19). The molecule has 3 amide bonds. The van der Waals surface area contributed by atoms with Crippen molar-refractivity contribution in [2.45, 2.75) is 19.4 Å². The summed E-state index contributed by atoms with van der Waals surface area (Å²) in [5, 5.41) is 12.4. The molecule has 0 aromatic carbocycles. The van der Waals surface area contributed by atoms with Gasteiger partial charge >= 0.3 is 6.03 Å². The summed E-state index contributed by atoms with van der Waals surface area (Å²) in [6.45, 7) is 8.80. The average Bonchev–Trinajstić information content (AvgIpc) is 2.76. The van der Waals surface area contributed by atoms with Gasteiger partial charge < -0.3 is 10.4 Å². The number of urea groups is 1. The molecule has 2 saturated heterocycles. The van der Waals surface area contributed by atoms with Gasteiger partial charge in [-0.3, -0.25) is 19.5 Å². The van der Waals surface area contributed by atoms with Crippen molar-refractivity contribution in [2.24, 2.45) is 0 Å². The molecule has 0 unspecified atom stereocenters. The van der Waals surface area contributed by atoms with Crippen molar-refractivity contribution >= 4 is 11.9 Å². The maximum atomic E-state index is 12.0. The first-order chi connectivity index (χ1) is 9.35. The van der Waals surface area contributed by atoms with E-state index in [0.29, 0.717) is 26.2 Å². The molecule has 2 aliphatic rings. The number of piperazine rings is 1. The van der Waals surface area contributed by atoms with E-state index in [1.54, 1.807) is 13.8 Å². The van der Waals surface area contributed by atoms with Gasteiger partial charge in [0.05, 0.1) is 12.1 Å². The molecule has 114 valence electrons. The van der Waals surface area contributed by atoms with E-state index in [4.69, 9.17) is 0 Å². The fraction of sp³-hybridized carbons (Fsp3) is 0.846. The zero-order valence-corrected chi connectivity index (χ0v) is 12.3. The molecule has 2 fully saturated rings. The first-order valence-electron chi connectivity index (χ1n) is 7.10. The number of carbonyl (C=O) groups is 2. The molecule has 0 aliphatic carbocycles. The molecule has 7 heteroatoms. The van der Waals surface area contributed by atoms with Gasteiger partial charge in [-0.1, -0.05) is 0 Å². The maximum Gasteiger partial charge on any atom is 0.324 e. The third-order valence-electron chi connectivity index (χ3n) is 3.59. The Morgan fingerprint density at radius 2 is 1.80 bits per heavy atom. The fourth-order valence-corrected chi connectivity index (χ4v) is 2.64. The topological polar surface area (TPSA) is 76.1 Å². The van der Waals surface area contributed by atoms with Crippen molar-refractivity contribution in [3.05, 3.63) is 0 Å². The van der Waals surface area contributed by atoms with Crippen LogP contribution in [0, 0.1) is 0 Å². The maximum absolute atomic E-state index is 12.0. The highest BCUT2D eigenvalue weighted by molar-refractivity contribution is 5.96. The summed E-state index contributed by atoms with van der Waals surface area (Å²) >= 11 is 0. The van der Waals surface area contributed by atoms with Gasteiger partial charge in [-0.05, 0) is 13.8 Å². The predicted octanol–water partition coefficient (Wildman–Crippen LogP) is -1.07. The number of nitrogens with one attached hydrogen (secondary N) is 1. The second kappa shape index (κ2) is 6.07. The Labute approximate surface area is 119 Å². The lowest BCUT2D eigenvalue weighted by Crippen LogP contribution is -2.52. The van der Waals surface area contributed by atoms with E-state index in [0.717, 1.165) is 26.2 Å². The number of hydrogen-bond donors (Lipinski definition) is 2. The predicted molar refractivity (Wildman–Crippen MR) is 74.3 cm³/mol.